The first-order valence-electron chi connectivity index (χ1n) is 8.34. The van der Waals surface area contributed by atoms with Crippen molar-refractivity contribution in [2.45, 2.75) is 0 Å². The quantitative estimate of drug-likeness (QED) is 0.314. The molecule has 0 aliphatic heterocycles. The second-order valence-electron chi connectivity index (χ2n) is 5.85. The Hall–Kier alpha value is -3.86. The average molecular weight is 354 g/mol. The lowest BCUT2D eigenvalue weighted by Gasteiger charge is -2.06. The van der Waals surface area contributed by atoms with Gasteiger partial charge >= 0.3 is 5.97 Å². The van der Waals surface area contributed by atoms with E-state index in [0.29, 0.717) is 27.9 Å². The molecule has 0 amide bonds. The number of benzene rings is 3. The summed E-state index contributed by atoms with van der Waals surface area (Å²) in [6.07, 6.45) is 1.39. The van der Waals surface area contributed by atoms with Crippen molar-refractivity contribution in [3.05, 3.63) is 102 Å². The van der Waals surface area contributed by atoms with Crippen LogP contribution in [0.15, 0.2) is 85.1 Å². The molecule has 4 aromatic rings. The number of carbonyl (C=O) groups is 2. The van der Waals surface area contributed by atoms with Crippen molar-refractivity contribution in [1.82, 2.24) is 9.97 Å². The van der Waals surface area contributed by atoms with Crippen LogP contribution in [0.4, 0.5) is 0 Å². The number of hydrogen-bond donors (Lipinski definition) is 0. The van der Waals surface area contributed by atoms with E-state index in [2.05, 4.69) is 9.97 Å². The standard InChI is InChI=1S/C22H14N2O3/c25-21(15-6-2-1-3-7-15)16-10-12-17(13-11-16)27-22(26)20-14-23-18-8-4-5-9-19(18)24-20/h1-14H. The molecule has 0 radical (unpaired) electrons. The average Bonchev–Trinajstić information content (AvgIpc) is 2.74. The number of hydrogen-bond acceptors (Lipinski definition) is 5. The minimum Gasteiger partial charge on any atom is -0.422 e. The van der Waals surface area contributed by atoms with Crippen LogP contribution in [0.2, 0.25) is 0 Å². The van der Waals surface area contributed by atoms with Crippen LogP contribution in [-0.4, -0.2) is 21.7 Å². The molecule has 4 rings (SSSR count). The number of ketones is 1. The number of esters is 1. The molecule has 27 heavy (non-hydrogen) atoms. The maximum atomic E-state index is 12.4. The molecule has 0 atom stereocenters. The van der Waals surface area contributed by atoms with Gasteiger partial charge in [-0.1, -0.05) is 42.5 Å². The van der Waals surface area contributed by atoms with Gasteiger partial charge in [-0.25, -0.2) is 9.78 Å². The highest BCUT2D eigenvalue weighted by atomic mass is 16.5. The summed E-state index contributed by atoms with van der Waals surface area (Å²) < 4.78 is 5.34. The van der Waals surface area contributed by atoms with Crippen LogP contribution in [0, 0.1) is 0 Å². The van der Waals surface area contributed by atoms with E-state index in [4.69, 9.17) is 4.74 Å². The zero-order valence-corrected chi connectivity index (χ0v) is 14.2. The molecule has 0 bridgehead atoms. The zero-order valence-electron chi connectivity index (χ0n) is 14.2. The molecule has 0 N–H and O–H groups in total. The minimum atomic E-state index is -0.601. The van der Waals surface area contributed by atoms with Gasteiger partial charge in [-0.2, -0.15) is 0 Å². The molecular weight excluding hydrogens is 340 g/mol. The van der Waals surface area contributed by atoms with Crippen LogP contribution >= 0.6 is 0 Å². The van der Waals surface area contributed by atoms with Gasteiger partial charge in [-0.3, -0.25) is 9.78 Å². The number of rotatable bonds is 4. The van der Waals surface area contributed by atoms with Crippen LogP contribution in [0.3, 0.4) is 0 Å². The van der Waals surface area contributed by atoms with Crippen LogP contribution < -0.4 is 4.74 Å². The van der Waals surface area contributed by atoms with Gasteiger partial charge in [0.2, 0.25) is 0 Å². The van der Waals surface area contributed by atoms with Gasteiger partial charge in [0.05, 0.1) is 17.2 Å². The van der Waals surface area contributed by atoms with Crippen molar-refractivity contribution in [1.29, 1.82) is 0 Å². The third kappa shape index (κ3) is 3.57. The lowest BCUT2D eigenvalue weighted by molar-refractivity contribution is 0.0728. The Morgan fingerprint density at radius 2 is 1.33 bits per heavy atom. The van der Waals surface area contributed by atoms with Crippen molar-refractivity contribution in [2.24, 2.45) is 0 Å². The van der Waals surface area contributed by atoms with E-state index in [-0.39, 0.29) is 11.5 Å². The number of para-hydroxylation sites is 2. The molecule has 0 aliphatic rings. The summed E-state index contributed by atoms with van der Waals surface area (Å²) in [5.41, 5.74) is 2.58. The normalized spacial score (nSPS) is 10.5. The lowest BCUT2D eigenvalue weighted by atomic mass is 10.0. The van der Waals surface area contributed by atoms with E-state index in [0.717, 1.165) is 0 Å². The van der Waals surface area contributed by atoms with Crippen LogP contribution in [-0.2, 0) is 0 Å². The Balaban J connectivity index is 1.50. The Bertz CT molecular complexity index is 1120. The summed E-state index contributed by atoms with van der Waals surface area (Å²) in [6, 6.07) is 22.7. The molecular formula is C22H14N2O3. The van der Waals surface area contributed by atoms with Crippen molar-refractivity contribution in [3.8, 4) is 5.75 Å². The maximum Gasteiger partial charge on any atom is 0.363 e. The third-order valence-electron chi connectivity index (χ3n) is 4.02. The molecule has 5 nitrogen and oxygen atoms in total. The second-order valence-corrected chi connectivity index (χ2v) is 5.85. The predicted octanol–water partition coefficient (Wildman–Crippen LogP) is 4.08. The molecule has 0 fully saturated rings. The smallest absolute Gasteiger partial charge is 0.363 e. The highest BCUT2D eigenvalue weighted by Gasteiger charge is 2.13. The van der Waals surface area contributed by atoms with E-state index in [1.807, 2.05) is 36.4 Å². The molecule has 130 valence electrons. The van der Waals surface area contributed by atoms with E-state index < -0.39 is 5.97 Å². The molecule has 1 heterocycles. The molecule has 0 saturated heterocycles. The van der Waals surface area contributed by atoms with Gasteiger partial charge in [0, 0.05) is 11.1 Å². The summed E-state index contributed by atoms with van der Waals surface area (Å²) in [7, 11) is 0. The number of nitrogens with zero attached hydrogens (tertiary/aromatic N) is 2. The minimum absolute atomic E-state index is 0.0890. The van der Waals surface area contributed by atoms with Crippen molar-refractivity contribution in [2.75, 3.05) is 0 Å². The first-order valence-corrected chi connectivity index (χ1v) is 8.34. The van der Waals surface area contributed by atoms with E-state index in [1.54, 1.807) is 42.5 Å². The van der Waals surface area contributed by atoms with Crippen LogP contribution in [0.1, 0.15) is 26.4 Å². The number of fused-ring (bicyclic) bond motifs is 1. The summed E-state index contributed by atoms with van der Waals surface area (Å²) in [5, 5.41) is 0. The van der Waals surface area contributed by atoms with Gasteiger partial charge < -0.3 is 4.74 Å². The first kappa shape index (κ1) is 16.6. The predicted molar refractivity (Wildman–Crippen MR) is 101 cm³/mol. The second kappa shape index (κ2) is 7.17. The van der Waals surface area contributed by atoms with E-state index in [1.165, 1.54) is 6.20 Å². The van der Waals surface area contributed by atoms with Crippen molar-refractivity contribution in [3.63, 3.8) is 0 Å². The van der Waals surface area contributed by atoms with Gasteiger partial charge in [0.1, 0.15) is 5.75 Å². The summed E-state index contributed by atoms with van der Waals surface area (Å²) in [4.78, 5) is 33.2. The monoisotopic (exact) mass is 354 g/mol. The highest BCUT2D eigenvalue weighted by Crippen LogP contribution is 2.17. The van der Waals surface area contributed by atoms with Crippen LogP contribution in [0.5, 0.6) is 5.75 Å². The molecule has 0 saturated carbocycles. The summed E-state index contributed by atoms with van der Waals surface area (Å²) in [6.45, 7) is 0. The van der Waals surface area contributed by atoms with E-state index >= 15 is 0 Å². The number of ether oxygens (including phenoxy) is 1. The largest absolute Gasteiger partial charge is 0.422 e. The van der Waals surface area contributed by atoms with E-state index in [9.17, 15) is 9.59 Å². The van der Waals surface area contributed by atoms with Gasteiger partial charge in [0.25, 0.3) is 0 Å². The van der Waals surface area contributed by atoms with Gasteiger partial charge in [-0.15, -0.1) is 0 Å². The Labute approximate surface area is 155 Å². The molecule has 1 aromatic heterocycles. The number of carbonyl (C=O) groups excluding carboxylic acids is 2. The molecule has 5 heteroatoms. The number of aromatic nitrogens is 2. The molecule has 0 spiro atoms. The topological polar surface area (TPSA) is 69.2 Å². The fraction of sp³-hybridized carbons (Fsp3) is 0. The van der Waals surface area contributed by atoms with Gasteiger partial charge in [-0.05, 0) is 36.4 Å². The van der Waals surface area contributed by atoms with Crippen molar-refractivity contribution >= 4 is 22.8 Å². The fourth-order valence-electron chi connectivity index (χ4n) is 2.65. The van der Waals surface area contributed by atoms with Crippen LogP contribution in [0.25, 0.3) is 11.0 Å². The fourth-order valence-corrected chi connectivity index (χ4v) is 2.65. The maximum absolute atomic E-state index is 12.4. The first-order chi connectivity index (χ1) is 13.2. The summed E-state index contributed by atoms with van der Waals surface area (Å²) >= 11 is 0. The lowest BCUT2D eigenvalue weighted by Crippen LogP contribution is -2.11. The highest BCUT2D eigenvalue weighted by molar-refractivity contribution is 6.09. The Morgan fingerprint density at radius 3 is 2.07 bits per heavy atom. The SMILES string of the molecule is O=C(c1ccccc1)c1ccc(OC(=O)c2cnc3ccccc3n2)cc1. The molecule has 0 aliphatic carbocycles. The third-order valence-corrected chi connectivity index (χ3v) is 4.02. The molecule has 3 aromatic carbocycles. The van der Waals surface area contributed by atoms with Crippen molar-refractivity contribution < 1.29 is 14.3 Å². The molecule has 0 unspecified atom stereocenters. The van der Waals surface area contributed by atoms with Gasteiger partial charge in [0.15, 0.2) is 11.5 Å². The zero-order chi connectivity index (χ0) is 18.6. The Kier molecular flexibility index (Phi) is 4.41. The Morgan fingerprint density at radius 1 is 0.704 bits per heavy atom. The summed E-state index contributed by atoms with van der Waals surface area (Å²) in [5.74, 6) is -0.358.